The fraction of sp³-hybridized carbons (Fsp3) is 0.875. The molecule has 0 heterocycles. The summed E-state index contributed by atoms with van der Waals surface area (Å²) >= 11 is 0. The van der Waals surface area contributed by atoms with Gasteiger partial charge in [-0.15, -0.1) is 0 Å². The Morgan fingerprint density at radius 2 is 2.00 bits per heavy atom. The third kappa shape index (κ3) is 5.53. The van der Waals surface area contributed by atoms with Gasteiger partial charge >= 0.3 is 0 Å². The SMILES string of the molecule is CCCNCC(OCC1CC=CCC1C)C(C)C. The summed E-state index contributed by atoms with van der Waals surface area (Å²) in [5, 5.41) is 3.48. The minimum atomic E-state index is 0.356. The smallest absolute Gasteiger partial charge is 0.0722 e. The Balaban J connectivity index is 2.30. The molecule has 1 aliphatic rings. The predicted molar refractivity (Wildman–Crippen MR) is 78.8 cm³/mol. The minimum absolute atomic E-state index is 0.356. The van der Waals surface area contributed by atoms with Gasteiger partial charge in [0.05, 0.1) is 12.7 Å². The van der Waals surface area contributed by atoms with Crippen LogP contribution in [0.5, 0.6) is 0 Å². The molecule has 2 heteroatoms. The maximum absolute atomic E-state index is 6.16. The van der Waals surface area contributed by atoms with Crippen LogP contribution in [0, 0.1) is 17.8 Å². The molecule has 1 rings (SSSR count). The zero-order chi connectivity index (χ0) is 13.4. The first kappa shape index (κ1) is 15.7. The average Bonchev–Trinajstić information content (AvgIpc) is 2.35. The standard InChI is InChI=1S/C16H31NO/c1-5-10-17-11-16(13(2)3)18-12-15-9-7-6-8-14(15)4/h6-7,13-17H,5,8-12H2,1-4H3. The molecular formula is C16H31NO. The molecule has 0 radical (unpaired) electrons. The van der Waals surface area contributed by atoms with E-state index < -0.39 is 0 Å². The molecule has 0 saturated carbocycles. The summed E-state index contributed by atoms with van der Waals surface area (Å²) in [6.45, 7) is 12.1. The minimum Gasteiger partial charge on any atom is -0.376 e. The predicted octanol–water partition coefficient (Wildman–Crippen LogP) is 3.63. The molecule has 18 heavy (non-hydrogen) atoms. The molecule has 3 atom stereocenters. The van der Waals surface area contributed by atoms with Crippen LogP contribution in [0.15, 0.2) is 12.2 Å². The van der Waals surface area contributed by atoms with Crippen LogP contribution in [0.1, 0.15) is 47.0 Å². The zero-order valence-electron chi connectivity index (χ0n) is 12.6. The van der Waals surface area contributed by atoms with Crippen LogP contribution in [0.25, 0.3) is 0 Å². The normalized spacial score (nSPS) is 25.6. The summed E-state index contributed by atoms with van der Waals surface area (Å²) < 4.78 is 6.16. The van der Waals surface area contributed by atoms with Crippen molar-refractivity contribution in [2.45, 2.75) is 53.1 Å². The van der Waals surface area contributed by atoms with Crippen molar-refractivity contribution in [1.82, 2.24) is 5.32 Å². The monoisotopic (exact) mass is 253 g/mol. The van der Waals surface area contributed by atoms with E-state index in [1.165, 1.54) is 19.3 Å². The van der Waals surface area contributed by atoms with E-state index in [0.29, 0.717) is 17.9 Å². The van der Waals surface area contributed by atoms with Gasteiger partial charge in [0.25, 0.3) is 0 Å². The van der Waals surface area contributed by atoms with Crippen molar-refractivity contribution in [2.75, 3.05) is 19.7 Å². The molecule has 0 aromatic carbocycles. The number of rotatable bonds is 8. The van der Waals surface area contributed by atoms with Crippen LogP contribution in [0.4, 0.5) is 0 Å². The second-order valence-electron chi connectivity index (χ2n) is 6.00. The number of allylic oxidation sites excluding steroid dienone is 2. The maximum atomic E-state index is 6.16. The molecule has 0 aromatic rings. The topological polar surface area (TPSA) is 21.3 Å². The van der Waals surface area contributed by atoms with Crippen LogP contribution in [0.3, 0.4) is 0 Å². The van der Waals surface area contributed by atoms with E-state index in [1.54, 1.807) is 0 Å². The number of nitrogens with one attached hydrogen (secondary N) is 1. The van der Waals surface area contributed by atoms with Gasteiger partial charge in [-0.1, -0.05) is 39.8 Å². The van der Waals surface area contributed by atoms with E-state index >= 15 is 0 Å². The van der Waals surface area contributed by atoms with E-state index in [1.807, 2.05) is 0 Å². The lowest BCUT2D eigenvalue weighted by Gasteiger charge is -2.29. The first-order valence-corrected chi connectivity index (χ1v) is 7.62. The third-order valence-corrected chi connectivity index (χ3v) is 3.96. The van der Waals surface area contributed by atoms with Crippen molar-refractivity contribution in [3.63, 3.8) is 0 Å². The number of hydrogen-bond acceptors (Lipinski definition) is 2. The number of ether oxygens (including phenoxy) is 1. The first-order valence-electron chi connectivity index (χ1n) is 7.62. The Bertz CT molecular complexity index is 237. The zero-order valence-corrected chi connectivity index (χ0v) is 12.6. The summed E-state index contributed by atoms with van der Waals surface area (Å²) in [7, 11) is 0. The van der Waals surface area contributed by atoms with E-state index in [2.05, 4.69) is 45.2 Å². The van der Waals surface area contributed by atoms with E-state index in [-0.39, 0.29) is 0 Å². The Labute approximate surface area is 113 Å². The van der Waals surface area contributed by atoms with Crippen molar-refractivity contribution >= 4 is 0 Å². The van der Waals surface area contributed by atoms with Crippen LogP contribution >= 0.6 is 0 Å². The molecule has 0 saturated heterocycles. The highest BCUT2D eigenvalue weighted by atomic mass is 16.5. The molecule has 0 aliphatic heterocycles. The first-order chi connectivity index (χ1) is 8.65. The molecular weight excluding hydrogens is 222 g/mol. The van der Waals surface area contributed by atoms with Gasteiger partial charge in [0.2, 0.25) is 0 Å². The summed E-state index contributed by atoms with van der Waals surface area (Å²) in [6, 6.07) is 0. The average molecular weight is 253 g/mol. The summed E-state index contributed by atoms with van der Waals surface area (Å²) in [6.07, 6.45) is 8.57. The summed E-state index contributed by atoms with van der Waals surface area (Å²) in [5.41, 5.74) is 0. The third-order valence-electron chi connectivity index (χ3n) is 3.96. The quantitative estimate of drug-likeness (QED) is 0.527. The molecule has 0 spiro atoms. The molecule has 0 aromatic heterocycles. The summed E-state index contributed by atoms with van der Waals surface area (Å²) in [5.74, 6) is 2.07. The molecule has 2 nitrogen and oxygen atoms in total. The van der Waals surface area contributed by atoms with Crippen molar-refractivity contribution in [3.8, 4) is 0 Å². The lowest BCUT2D eigenvalue weighted by molar-refractivity contribution is -0.00707. The van der Waals surface area contributed by atoms with Gasteiger partial charge in [0, 0.05) is 6.54 Å². The lowest BCUT2D eigenvalue weighted by Crippen LogP contribution is -2.35. The molecule has 3 unspecified atom stereocenters. The highest BCUT2D eigenvalue weighted by molar-refractivity contribution is 4.93. The van der Waals surface area contributed by atoms with Gasteiger partial charge in [-0.25, -0.2) is 0 Å². The number of hydrogen-bond donors (Lipinski definition) is 1. The Morgan fingerprint density at radius 3 is 2.61 bits per heavy atom. The van der Waals surface area contributed by atoms with Crippen molar-refractivity contribution in [3.05, 3.63) is 12.2 Å². The van der Waals surface area contributed by atoms with Gasteiger partial charge in [-0.05, 0) is 43.6 Å². The largest absolute Gasteiger partial charge is 0.376 e. The Kier molecular flexibility index (Phi) is 7.60. The van der Waals surface area contributed by atoms with E-state index in [4.69, 9.17) is 4.74 Å². The van der Waals surface area contributed by atoms with Gasteiger partial charge in [-0.3, -0.25) is 0 Å². The fourth-order valence-electron chi connectivity index (χ4n) is 2.39. The van der Waals surface area contributed by atoms with E-state index in [0.717, 1.165) is 25.6 Å². The molecule has 1 aliphatic carbocycles. The molecule has 0 bridgehead atoms. The second kappa shape index (κ2) is 8.71. The van der Waals surface area contributed by atoms with Crippen LogP contribution in [0.2, 0.25) is 0 Å². The maximum Gasteiger partial charge on any atom is 0.0722 e. The van der Waals surface area contributed by atoms with Crippen LogP contribution in [-0.4, -0.2) is 25.8 Å². The Morgan fingerprint density at radius 1 is 1.28 bits per heavy atom. The van der Waals surface area contributed by atoms with Gasteiger partial charge in [0.1, 0.15) is 0 Å². The lowest BCUT2D eigenvalue weighted by atomic mass is 9.85. The van der Waals surface area contributed by atoms with Gasteiger partial charge < -0.3 is 10.1 Å². The van der Waals surface area contributed by atoms with Gasteiger partial charge in [-0.2, -0.15) is 0 Å². The highest BCUT2D eigenvalue weighted by Crippen LogP contribution is 2.25. The van der Waals surface area contributed by atoms with Crippen LogP contribution in [-0.2, 0) is 4.74 Å². The van der Waals surface area contributed by atoms with Crippen LogP contribution < -0.4 is 5.32 Å². The van der Waals surface area contributed by atoms with Crippen molar-refractivity contribution in [2.24, 2.45) is 17.8 Å². The summed E-state index contributed by atoms with van der Waals surface area (Å²) in [4.78, 5) is 0. The molecule has 0 fully saturated rings. The molecule has 1 N–H and O–H groups in total. The molecule has 0 amide bonds. The van der Waals surface area contributed by atoms with Crippen molar-refractivity contribution < 1.29 is 4.74 Å². The molecule has 106 valence electrons. The van der Waals surface area contributed by atoms with Crippen molar-refractivity contribution in [1.29, 1.82) is 0 Å². The second-order valence-corrected chi connectivity index (χ2v) is 6.00. The van der Waals surface area contributed by atoms with E-state index in [9.17, 15) is 0 Å². The fourth-order valence-corrected chi connectivity index (χ4v) is 2.39. The highest BCUT2D eigenvalue weighted by Gasteiger charge is 2.21. The Hall–Kier alpha value is -0.340. The van der Waals surface area contributed by atoms with Gasteiger partial charge in [0.15, 0.2) is 0 Å².